The van der Waals surface area contributed by atoms with Gasteiger partial charge in [0.1, 0.15) is 18.1 Å². The number of benzene rings is 1. The Hall–Kier alpha value is -4.27. The Bertz CT molecular complexity index is 1080. The molecule has 214 valence electrons. The molecule has 15 nitrogen and oxygen atoms in total. The van der Waals surface area contributed by atoms with Crippen LogP contribution in [-0.4, -0.2) is 70.8 Å². The van der Waals surface area contributed by atoms with Gasteiger partial charge in [-0.05, 0) is 57.6 Å². The Balaban J connectivity index is 2.46. The summed E-state index contributed by atoms with van der Waals surface area (Å²) in [6.07, 6.45) is 1.59. The largest absolute Gasteiger partial charge is 0.481 e. The van der Waals surface area contributed by atoms with Crippen molar-refractivity contribution in [3.05, 3.63) is 33.9 Å². The van der Waals surface area contributed by atoms with Crippen LogP contribution in [0.25, 0.3) is 0 Å². The van der Waals surface area contributed by atoms with Gasteiger partial charge >= 0.3 is 5.97 Å². The van der Waals surface area contributed by atoms with Crippen LogP contribution in [0.4, 0.5) is 11.4 Å². The smallest absolute Gasteiger partial charge is 0.303 e. The van der Waals surface area contributed by atoms with Gasteiger partial charge in [0.25, 0.3) is 11.6 Å². The molecule has 1 heterocycles. The highest BCUT2D eigenvalue weighted by Crippen LogP contribution is 2.23. The van der Waals surface area contributed by atoms with Crippen molar-refractivity contribution < 1.29 is 34.0 Å². The molecular weight excluding hydrogens is 514 g/mol. The number of hydrogen-bond donors (Lipinski definition) is 7. The molecule has 4 amide bonds. The number of unbranched alkanes of at least 4 members (excludes halogenated alkanes) is 1. The molecule has 1 aromatic carbocycles. The SMILES string of the molecule is NCCCC[C@@H]1NC(=O)[C@H](CCC(=O)O)NC(=O)c2cc([N+](=O)[O-])ccc2NCCCCC(C(N)=O)NC1=O. The Kier molecular flexibility index (Phi) is 12.1. The van der Waals surface area contributed by atoms with E-state index >= 15 is 0 Å². The number of rotatable bonds is 9. The fourth-order valence-electron chi connectivity index (χ4n) is 4.05. The highest BCUT2D eigenvalue weighted by atomic mass is 16.6. The average Bonchev–Trinajstić information content (AvgIpc) is 2.88. The van der Waals surface area contributed by atoms with Crippen molar-refractivity contribution in [1.82, 2.24) is 16.0 Å². The first-order valence-electron chi connectivity index (χ1n) is 12.7. The summed E-state index contributed by atoms with van der Waals surface area (Å²) in [5, 5.41) is 31.1. The molecule has 15 heteroatoms. The zero-order valence-corrected chi connectivity index (χ0v) is 21.4. The van der Waals surface area contributed by atoms with E-state index in [-0.39, 0.29) is 36.2 Å². The second kappa shape index (κ2) is 15.2. The van der Waals surface area contributed by atoms with Crippen molar-refractivity contribution in [3.63, 3.8) is 0 Å². The van der Waals surface area contributed by atoms with E-state index in [1.165, 1.54) is 12.1 Å². The molecule has 1 aliphatic heterocycles. The van der Waals surface area contributed by atoms with E-state index < -0.39 is 59.1 Å². The molecule has 39 heavy (non-hydrogen) atoms. The molecule has 0 saturated heterocycles. The first-order valence-corrected chi connectivity index (χ1v) is 12.7. The predicted octanol–water partition coefficient (Wildman–Crippen LogP) is -0.262. The summed E-state index contributed by atoms with van der Waals surface area (Å²) in [5.74, 6) is -4.28. The van der Waals surface area contributed by atoms with Gasteiger partial charge in [0, 0.05) is 30.8 Å². The van der Waals surface area contributed by atoms with E-state index in [0.29, 0.717) is 38.8 Å². The Morgan fingerprint density at radius 1 is 1.03 bits per heavy atom. The van der Waals surface area contributed by atoms with Crippen LogP contribution < -0.4 is 32.7 Å². The van der Waals surface area contributed by atoms with Gasteiger partial charge in [0.15, 0.2) is 0 Å². The Morgan fingerprint density at radius 3 is 2.36 bits per heavy atom. The quantitative estimate of drug-likeness (QED) is 0.121. The number of nitro benzene ring substituents is 1. The number of aliphatic carboxylic acids is 1. The number of carbonyl (C=O) groups is 5. The van der Waals surface area contributed by atoms with Crippen LogP contribution in [0.3, 0.4) is 0 Å². The molecule has 2 rings (SSSR count). The zero-order chi connectivity index (χ0) is 28.9. The van der Waals surface area contributed by atoms with E-state index in [1.54, 1.807) is 0 Å². The molecule has 9 N–H and O–H groups in total. The highest BCUT2D eigenvalue weighted by Gasteiger charge is 2.30. The number of nitro groups is 1. The average molecular weight is 550 g/mol. The number of nitrogens with one attached hydrogen (secondary N) is 4. The van der Waals surface area contributed by atoms with Crippen LogP contribution in [0.5, 0.6) is 0 Å². The predicted molar refractivity (Wildman–Crippen MR) is 140 cm³/mol. The number of nitrogens with two attached hydrogens (primary N) is 2. The molecular formula is C24H35N7O8. The van der Waals surface area contributed by atoms with E-state index in [9.17, 15) is 34.1 Å². The van der Waals surface area contributed by atoms with Crippen LogP contribution >= 0.6 is 0 Å². The molecule has 3 atom stereocenters. The van der Waals surface area contributed by atoms with E-state index in [0.717, 1.165) is 6.07 Å². The Morgan fingerprint density at radius 2 is 1.72 bits per heavy atom. The fourth-order valence-corrected chi connectivity index (χ4v) is 4.05. The van der Waals surface area contributed by atoms with Crippen molar-refractivity contribution in [1.29, 1.82) is 0 Å². The van der Waals surface area contributed by atoms with Crippen LogP contribution in [0, 0.1) is 10.1 Å². The first-order chi connectivity index (χ1) is 18.5. The summed E-state index contributed by atoms with van der Waals surface area (Å²) in [4.78, 5) is 73.3. The number of carbonyl (C=O) groups excluding carboxylic acids is 4. The summed E-state index contributed by atoms with van der Waals surface area (Å²) in [5.41, 5.74) is 10.8. The van der Waals surface area contributed by atoms with Crippen molar-refractivity contribution in [3.8, 4) is 0 Å². The van der Waals surface area contributed by atoms with Crippen molar-refractivity contribution in [2.75, 3.05) is 18.4 Å². The van der Waals surface area contributed by atoms with Crippen molar-refractivity contribution >= 4 is 41.0 Å². The third-order valence-corrected chi connectivity index (χ3v) is 6.20. The van der Waals surface area contributed by atoms with E-state index in [4.69, 9.17) is 16.6 Å². The lowest BCUT2D eigenvalue weighted by Crippen LogP contribution is -2.56. The summed E-state index contributed by atoms with van der Waals surface area (Å²) in [7, 11) is 0. The molecule has 0 fully saturated rings. The number of hydrogen-bond acceptors (Lipinski definition) is 9. The number of primary amides is 1. The standard InChI is InChI=1S/C24H35N7O8/c25-11-3-1-6-18-23(36)28-17(21(26)34)5-2-4-12-27-16-8-7-14(31(38)39)13-15(16)22(35)29-19(24(37)30-18)9-10-20(32)33/h7-8,13,17-19,27H,1-6,9-12,25H2,(H2,26,34)(H,28,36)(H,29,35)(H,30,37)(H,32,33)/t17?,18-,19-/m0/s1. The van der Waals surface area contributed by atoms with Gasteiger partial charge in [-0.15, -0.1) is 0 Å². The second-order valence-corrected chi connectivity index (χ2v) is 9.18. The maximum absolute atomic E-state index is 13.2. The molecule has 0 spiro atoms. The van der Waals surface area contributed by atoms with Gasteiger partial charge in [-0.3, -0.25) is 34.1 Å². The molecule has 1 aliphatic rings. The van der Waals surface area contributed by atoms with Gasteiger partial charge in [0.2, 0.25) is 17.7 Å². The summed E-state index contributed by atoms with van der Waals surface area (Å²) >= 11 is 0. The van der Waals surface area contributed by atoms with E-state index in [1.807, 2.05) is 0 Å². The molecule has 0 bridgehead atoms. The molecule has 0 radical (unpaired) electrons. The van der Waals surface area contributed by atoms with Gasteiger partial charge in [0.05, 0.1) is 10.5 Å². The number of nitrogens with zero attached hydrogens (tertiary/aromatic N) is 1. The maximum Gasteiger partial charge on any atom is 0.303 e. The van der Waals surface area contributed by atoms with Gasteiger partial charge in [-0.2, -0.15) is 0 Å². The van der Waals surface area contributed by atoms with Gasteiger partial charge in [-0.1, -0.05) is 0 Å². The van der Waals surface area contributed by atoms with Crippen LogP contribution in [0.1, 0.15) is 61.7 Å². The highest BCUT2D eigenvalue weighted by molar-refractivity contribution is 6.03. The summed E-state index contributed by atoms with van der Waals surface area (Å²) in [6.45, 7) is 0.672. The lowest BCUT2D eigenvalue weighted by molar-refractivity contribution is -0.384. The number of non-ortho nitro benzene ring substituents is 1. The van der Waals surface area contributed by atoms with Crippen molar-refractivity contribution in [2.24, 2.45) is 11.5 Å². The molecule has 0 saturated carbocycles. The molecule has 1 aromatic rings. The van der Waals surface area contributed by atoms with Crippen LogP contribution in [0.15, 0.2) is 18.2 Å². The minimum absolute atomic E-state index is 0.114. The third kappa shape index (κ3) is 9.85. The lowest BCUT2D eigenvalue weighted by Gasteiger charge is -2.25. The number of fused-ring (bicyclic) bond motifs is 1. The van der Waals surface area contributed by atoms with Crippen LogP contribution in [-0.2, 0) is 19.2 Å². The number of carboxylic acids is 1. The first kappa shape index (κ1) is 31.0. The summed E-state index contributed by atoms with van der Waals surface area (Å²) in [6, 6.07) is 0.151. The maximum atomic E-state index is 13.2. The molecule has 0 aliphatic carbocycles. The van der Waals surface area contributed by atoms with E-state index in [2.05, 4.69) is 21.3 Å². The monoisotopic (exact) mass is 549 g/mol. The lowest BCUT2D eigenvalue weighted by atomic mass is 10.0. The number of anilines is 1. The minimum Gasteiger partial charge on any atom is -0.481 e. The normalized spacial score (nSPS) is 20.9. The summed E-state index contributed by atoms with van der Waals surface area (Å²) < 4.78 is 0. The molecule has 0 aromatic heterocycles. The fraction of sp³-hybridized carbons (Fsp3) is 0.542. The third-order valence-electron chi connectivity index (χ3n) is 6.20. The number of amides is 4. The zero-order valence-electron chi connectivity index (χ0n) is 21.4. The molecule has 1 unspecified atom stereocenters. The Labute approximate surface area is 224 Å². The number of carboxylic acid groups (broad SMARTS) is 1. The second-order valence-electron chi connectivity index (χ2n) is 9.18. The van der Waals surface area contributed by atoms with Gasteiger partial charge < -0.3 is 37.8 Å². The van der Waals surface area contributed by atoms with Crippen LogP contribution in [0.2, 0.25) is 0 Å². The topological polar surface area (TPSA) is 249 Å². The van der Waals surface area contributed by atoms with Crippen molar-refractivity contribution in [2.45, 2.75) is 69.5 Å². The van der Waals surface area contributed by atoms with Gasteiger partial charge in [-0.25, -0.2) is 0 Å². The minimum atomic E-state index is -1.38.